The molecule has 1 aliphatic heterocycles. The van der Waals surface area contributed by atoms with Gasteiger partial charge < -0.3 is 10.0 Å². The first-order valence-electron chi connectivity index (χ1n) is 7.87. The zero-order valence-corrected chi connectivity index (χ0v) is 14.3. The van der Waals surface area contributed by atoms with E-state index in [0.29, 0.717) is 19.6 Å². The fraction of sp³-hybridized carbons (Fsp3) is 0.562. The molecule has 1 aromatic rings. The number of amides is 1. The van der Waals surface area contributed by atoms with Crippen LogP contribution in [0.1, 0.15) is 37.0 Å². The van der Waals surface area contributed by atoms with Crippen molar-refractivity contribution in [3.05, 3.63) is 29.8 Å². The van der Waals surface area contributed by atoms with Crippen LogP contribution in [-0.4, -0.2) is 49.2 Å². The number of nitrogens with zero attached hydrogens (tertiary/aromatic N) is 1. The number of para-hydroxylation sites is 1. The second-order valence-corrected chi connectivity index (χ2v) is 8.54. The molecule has 1 unspecified atom stereocenters. The number of nitrogens with one attached hydrogen (secondary N) is 1. The molecule has 1 heterocycles. The maximum Gasteiger partial charge on any atom is 0.257 e. The number of phenolic OH excluding ortho intramolecular Hbond substituents is 1. The highest BCUT2D eigenvalue weighted by atomic mass is 32.2. The van der Waals surface area contributed by atoms with Crippen molar-refractivity contribution in [1.82, 2.24) is 9.62 Å². The van der Waals surface area contributed by atoms with Gasteiger partial charge in [0, 0.05) is 19.6 Å². The van der Waals surface area contributed by atoms with Crippen LogP contribution >= 0.6 is 0 Å². The van der Waals surface area contributed by atoms with Gasteiger partial charge in [0.2, 0.25) is 10.0 Å². The number of piperidine rings is 1. The summed E-state index contributed by atoms with van der Waals surface area (Å²) < 4.78 is 26.3. The van der Waals surface area contributed by atoms with Gasteiger partial charge in [0.15, 0.2) is 0 Å². The predicted molar refractivity (Wildman–Crippen MR) is 88.8 cm³/mol. The average Bonchev–Trinajstić information content (AvgIpc) is 2.53. The van der Waals surface area contributed by atoms with Crippen LogP contribution in [-0.2, 0) is 10.0 Å². The lowest BCUT2D eigenvalue weighted by Crippen LogP contribution is -2.44. The first-order chi connectivity index (χ1) is 10.8. The molecule has 0 radical (unpaired) electrons. The second kappa shape index (κ2) is 7.31. The molecule has 1 aromatic carbocycles. The van der Waals surface area contributed by atoms with Gasteiger partial charge in [0.05, 0.1) is 10.8 Å². The number of carbonyl (C=O) groups is 1. The van der Waals surface area contributed by atoms with E-state index in [0.717, 1.165) is 12.8 Å². The van der Waals surface area contributed by atoms with E-state index in [-0.39, 0.29) is 23.1 Å². The van der Waals surface area contributed by atoms with Gasteiger partial charge in [-0.15, -0.1) is 0 Å². The molecule has 0 saturated carbocycles. The SMILES string of the molecule is CC(C)S(=O)(=O)NCC1CCCN(C(=O)c2ccccc2O)C1. The van der Waals surface area contributed by atoms with Crippen LogP contribution in [0.3, 0.4) is 0 Å². The number of rotatable bonds is 5. The van der Waals surface area contributed by atoms with E-state index in [4.69, 9.17) is 0 Å². The number of aromatic hydroxyl groups is 1. The predicted octanol–water partition coefficient (Wildman–Crippen LogP) is 1.57. The fourth-order valence-corrected chi connectivity index (χ4v) is 3.44. The van der Waals surface area contributed by atoms with Crippen molar-refractivity contribution in [2.75, 3.05) is 19.6 Å². The van der Waals surface area contributed by atoms with Gasteiger partial charge in [-0.1, -0.05) is 12.1 Å². The molecule has 0 aliphatic carbocycles. The molecule has 7 heteroatoms. The van der Waals surface area contributed by atoms with E-state index in [1.165, 1.54) is 6.07 Å². The van der Waals surface area contributed by atoms with Gasteiger partial charge in [-0.05, 0) is 44.7 Å². The molecule has 0 aromatic heterocycles. The Balaban J connectivity index is 1.98. The molecule has 0 spiro atoms. The molecule has 1 fully saturated rings. The van der Waals surface area contributed by atoms with Crippen molar-refractivity contribution in [2.45, 2.75) is 31.9 Å². The fourth-order valence-electron chi connectivity index (χ4n) is 2.64. The molecular weight excluding hydrogens is 316 g/mol. The molecule has 2 N–H and O–H groups in total. The Bertz CT molecular complexity index is 658. The van der Waals surface area contributed by atoms with Gasteiger partial charge in [0.25, 0.3) is 5.91 Å². The highest BCUT2D eigenvalue weighted by Crippen LogP contribution is 2.22. The van der Waals surface area contributed by atoms with Crippen LogP contribution in [0.2, 0.25) is 0 Å². The van der Waals surface area contributed by atoms with E-state index in [2.05, 4.69) is 4.72 Å². The average molecular weight is 340 g/mol. The third kappa shape index (κ3) is 4.45. The normalized spacial score (nSPS) is 19.1. The third-order valence-corrected chi connectivity index (χ3v) is 5.94. The van der Waals surface area contributed by atoms with Gasteiger partial charge >= 0.3 is 0 Å². The summed E-state index contributed by atoms with van der Waals surface area (Å²) in [4.78, 5) is 14.2. The Morgan fingerprint density at radius 2 is 2.09 bits per heavy atom. The number of hydrogen-bond donors (Lipinski definition) is 2. The zero-order valence-electron chi connectivity index (χ0n) is 13.5. The quantitative estimate of drug-likeness (QED) is 0.852. The Labute approximate surface area is 137 Å². The summed E-state index contributed by atoms with van der Waals surface area (Å²) in [5.74, 6) is -0.147. The number of carbonyl (C=O) groups excluding carboxylic acids is 1. The molecule has 1 atom stereocenters. The van der Waals surface area contributed by atoms with Crippen molar-refractivity contribution in [1.29, 1.82) is 0 Å². The molecule has 2 rings (SSSR count). The zero-order chi connectivity index (χ0) is 17.0. The molecule has 128 valence electrons. The first kappa shape index (κ1) is 17.7. The summed E-state index contributed by atoms with van der Waals surface area (Å²) >= 11 is 0. The van der Waals surface area contributed by atoms with Crippen LogP contribution in [0.25, 0.3) is 0 Å². The molecule has 0 bridgehead atoms. The van der Waals surface area contributed by atoms with Crippen molar-refractivity contribution in [3.8, 4) is 5.75 Å². The number of benzene rings is 1. The lowest BCUT2D eigenvalue weighted by atomic mass is 9.97. The Morgan fingerprint density at radius 3 is 2.74 bits per heavy atom. The largest absolute Gasteiger partial charge is 0.507 e. The van der Waals surface area contributed by atoms with E-state index < -0.39 is 15.3 Å². The van der Waals surface area contributed by atoms with Gasteiger partial charge in [-0.3, -0.25) is 4.79 Å². The van der Waals surface area contributed by atoms with Crippen LogP contribution in [0.4, 0.5) is 0 Å². The number of likely N-dealkylation sites (tertiary alicyclic amines) is 1. The van der Waals surface area contributed by atoms with E-state index in [9.17, 15) is 18.3 Å². The van der Waals surface area contributed by atoms with Crippen LogP contribution in [0.5, 0.6) is 5.75 Å². The summed E-state index contributed by atoms with van der Waals surface area (Å²) in [7, 11) is -3.29. The molecule has 23 heavy (non-hydrogen) atoms. The molecular formula is C16H24N2O4S. The van der Waals surface area contributed by atoms with Crippen molar-refractivity contribution in [2.24, 2.45) is 5.92 Å². The smallest absolute Gasteiger partial charge is 0.257 e. The van der Waals surface area contributed by atoms with Crippen molar-refractivity contribution in [3.63, 3.8) is 0 Å². The van der Waals surface area contributed by atoms with E-state index >= 15 is 0 Å². The highest BCUT2D eigenvalue weighted by molar-refractivity contribution is 7.90. The molecule has 1 saturated heterocycles. The Kier molecular flexibility index (Phi) is 5.64. The maximum absolute atomic E-state index is 12.5. The van der Waals surface area contributed by atoms with E-state index in [1.54, 1.807) is 36.9 Å². The van der Waals surface area contributed by atoms with Crippen LogP contribution in [0.15, 0.2) is 24.3 Å². The second-order valence-electron chi connectivity index (χ2n) is 6.22. The summed E-state index contributed by atoms with van der Waals surface area (Å²) in [6.45, 7) is 4.73. The summed E-state index contributed by atoms with van der Waals surface area (Å²) in [5, 5.41) is 9.34. The third-order valence-electron chi connectivity index (χ3n) is 4.13. The van der Waals surface area contributed by atoms with Gasteiger partial charge in [-0.2, -0.15) is 0 Å². The van der Waals surface area contributed by atoms with Crippen molar-refractivity contribution < 1.29 is 18.3 Å². The molecule has 1 aliphatic rings. The van der Waals surface area contributed by atoms with Crippen molar-refractivity contribution >= 4 is 15.9 Å². The molecule has 1 amide bonds. The van der Waals surface area contributed by atoms with Gasteiger partial charge in [-0.25, -0.2) is 13.1 Å². The monoisotopic (exact) mass is 340 g/mol. The maximum atomic E-state index is 12.5. The lowest BCUT2D eigenvalue weighted by Gasteiger charge is -2.33. The first-order valence-corrected chi connectivity index (χ1v) is 9.41. The van der Waals surface area contributed by atoms with Gasteiger partial charge in [0.1, 0.15) is 5.75 Å². The number of sulfonamides is 1. The number of hydrogen-bond acceptors (Lipinski definition) is 4. The summed E-state index contributed by atoms with van der Waals surface area (Å²) in [6.07, 6.45) is 1.71. The standard InChI is InChI=1S/C16H24N2O4S/c1-12(2)23(21,22)17-10-13-6-5-9-18(11-13)16(20)14-7-3-4-8-15(14)19/h3-4,7-8,12-13,17,19H,5-6,9-11H2,1-2H3. The number of phenols is 1. The van der Waals surface area contributed by atoms with Crippen LogP contribution in [0, 0.1) is 5.92 Å². The highest BCUT2D eigenvalue weighted by Gasteiger charge is 2.27. The summed E-state index contributed by atoms with van der Waals surface area (Å²) in [5.41, 5.74) is 0.288. The minimum absolute atomic E-state index is 0.0277. The summed E-state index contributed by atoms with van der Waals surface area (Å²) in [6, 6.07) is 6.48. The van der Waals surface area contributed by atoms with Crippen LogP contribution < -0.4 is 4.72 Å². The topological polar surface area (TPSA) is 86.7 Å². The minimum Gasteiger partial charge on any atom is -0.507 e. The Morgan fingerprint density at radius 1 is 1.39 bits per heavy atom. The lowest BCUT2D eigenvalue weighted by molar-refractivity contribution is 0.0673. The van der Waals surface area contributed by atoms with E-state index in [1.807, 2.05) is 0 Å². The minimum atomic E-state index is -3.29. The Hall–Kier alpha value is -1.60. The molecule has 6 nitrogen and oxygen atoms in total.